The van der Waals surface area contributed by atoms with Gasteiger partial charge in [-0.25, -0.2) is 0 Å². The highest BCUT2D eigenvalue weighted by Crippen LogP contribution is 2.64. The molecule has 2 atom stereocenters. The number of anilines is 1. The molecule has 1 aromatic carbocycles. The molecular formula is C20H21ClF3NO3. The number of nitrogens with one attached hydrogen (secondary N) is 1. The van der Waals surface area contributed by atoms with Crippen molar-refractivity contribution in [3.8, 4) is 0 Å². The second-order valence-electron chi connectivity index (χ2n) is 8.60. The van der Waals surface area contributed by atoms with Crippen LogP contribution in [0.4, 0.5) is 18.9 Å². The van der Waals surface area contributed by atoms with Gasteiger partial charge in [-0.15, -0.1) is 11.6 Å². The molecule has 152 valence electrons. The van der Waals surface area contributed by atoms with E-state index >= 15 is 0 Å². The number of rotatable bonds is 4. The summed E-state index contributed by atoms with van der Waals surface area (Å²) in [4.78, 5) is 24.5. The molecule has 0 aliphatic heterocycles. The van der Waals surface area contributed by atoms with Crippen molar-refractivity contribution in [1.82, 2.24) is 0 Å². The molecule has 2 unspecified atom stereocenters. The minimum Gasteiger partial charge on any atom is -0.455 e. The van der Waals surface area contributed by atoms with E-state index in [9.17, 15) is 22.8 Å². The van der Waals surface area contributed by atoms with Crippen molar-refractivity contribution in [2.75, 3.05) is 11.9 Å². The smallest absolute Gasteiger partial charge is 0.416 e. The largest absolute Gasteiger partial charge is 0.455 e. The Hall–Kier alpha value is -1.76. The van der Waals surface area contributed by atoms with Gasteiger partial charge in [-0.3, -0.25) is 9.59 Å². The Morgan fingerprint density at radius 2 is 1.86 bits per heavy atom. The monoisotopic (exact) mass is 415 g/mol. The van der Waals surface area contributed by atoms with Gasteiger partial charge in [0.25, 0.3) is 5.91 Å². The van der Waals surface area contributed by atoms with E-state index in [1.807, 2.05) is 0 Å². The number of esters is 1. The summed E-state index contributed by atoms with van der Waals surface area (Å²) in [5.74, 6) is -0.237. The third-order valence-electron chi connectivity index (χ3n) is 6.23. The average molecular weight is 416 g/mol. The van der Waals surface area contributed by atoms with E-state index in [-0.39, 0.29) is 10.6 Å². The molecule has 4 aliphatic carbocycles. The predicted octanol–water partition coefficient (Wildman–Crippen LogP) is 4.76. The zero-order valence-corrected chi connectivity index (χ0v) is 15.9. The first-order valence-electron chi connectivity index (χ1n) is 9.40. The van der Waals surface area contributed by atoms with Gasteiger partial charge in [-0.2, -0.15) is 13.2 Å². The Balaban J connectivity index is 1.36. The first-order valence-corrected chi connectivity index (χ1v) is 9.78. The summed E-state index contributed by atoms with van der Waals surface area (Å²) in [5, 5.41) is 2.35. The number of ether oxygens (including phenoxy) is 1. The third kappa shape index (κ3) is 3.73. The van der Waals surface area contributed by atoms with Gasteiger partial charge in [0.1, 0.15) is 0 Å². The van der Waals surface area contributed by atoms with Gasteiger partial charge in [0, 0.05) is 10.6 Å². The molecule has 4 aliphatic rings. The van der Waals surface area contributed by atoms with Crippen molar-refractivity contribution >= 4 is 29.2 Å². The van der Waals surface area contributed by atoms with Crippen molar-refractivity contribution in [2.24, 2.45) is 17.3 Å². The van der Waals surface area contributed by atoms with E-state index in [2.05, 4.69) is 5.32 Å². The predicted molar refractivity (Wildman–Crippen MR) is 96.7 cm³/mol. The van der Waals surface area contributed by atoms with Crippen molar-refractivity contribution in [2.45, 2.75) is 49.6 Å². The highest BCUT2D eigenvalue weighted by atomic mass is 35.5. The first-order chi connectivity index (χ1) is 13.1. The molecule has 0 radical (unpaired) electrons. The fourth-order valence-electron chi connectivity index (χ4n) is 5.64. The van der Waals surface area contributed by atoms with Crippen LogP contribution >= 0.6 is 11.6 Å². The van der Waals surface area contributed by atoms with Crippen LogP contribution in [0.2, 0.25) is 0 Å². The van der Waals surface area contributed by atoms with E-state index < -0.39 is 35.6 Å². The van der Waals surface area contributed by atoms with Gasteiger partial charge in [0.2, 0.25) is 0 Å². The summed E-state index contributed by atoms with van der Waals surface area (Å²) >= 11 is 6.71. The lowest BCUT2D eigenvalue weighted by Gasteiger charge is -2.58. The zero-order chi connectivity index (χ0) is 20.2. The second kappa shape index (κ2) is 6.65. The topological polar surface area (TPSA) is 55.4 Å². The Bertz CT molecular complexity index is 796. The average Bonchev–Trinajstić information content (AvgIpc) is 2.57. The van der Waals surface area contributed by atoms with Crippen LogP contribution in [0.1, 0.15) is 44.1 Å². The summed E-state index contributed by atoms with van der Waals surface area (Å²) in [7, 11) is 0. The Morgan fingerprint density at radius 1 is 1.18 bits per heavy atom. The van der Waals surface area contributed by atoms with Crippen LogP contribution in [0.3, 0.4) is 0 Å². The maximum atomic E-state index is 12.8. The molecule has 0 heterocycles. The maximum absolute atomic E-state index is 12.8. The van der Waals surface area contributed by atoms with Crippen molar-refractivity contribution in [3.05, 3.63) is 29.8 Å². The molecule has 1 aromatic rings. The van der Waals surface area contributed by atoms with E-state index in [0.717, 1.165) is 44.2 Å². The molecule has 4 nitrogen and oxygen atoms in total. The summed E-state index contributed by atoms with van der Waals surface area (Å²) in [6.07, 6.45) is 0.510. The molecular weight excluding hydrogens is 395 g/mol. The van der Waals surface area contributed by atoms with Gasteiger partial charge in [0.05, 0.1) is 11.0 Å². The van der Waals surface area contributed by atoms with Crippen LogP contribution < -0.4 is 5.32 Å². The SMILES string of the molecule is O=C(COC(=O)C12CC3CC(CC(Cl)(C3)C1)C2)Nc1cccc(C(F)(F)F)c1. The fourth-order valence-corrected chi connectivity index (χ4v) is 6.34. The van der Waals surface area contributed by atoms with Gasteiger partial charge in [0.15, 0.2) is 6.61 Å². The van der Waals surface area contributed by atoms with Crippen LogP contribution in [0.5, 0.6) is 0 Å². The van der Waals surface area contributed by atoms with Crippen molar-refractivity contribution in [3.63, 3.8) is 0 Å². The number of hydrogen-bond acceptors (Lipinski definition) is 3. The normalized spacial score (nSPS) is 33.6. The van der Waals surface area contributed by atoms with Crippen LogP contribution in [-0.2, 0) is 20.5 Å². The quantitative estimate of drug-likeness (QED) is 0.569. The standard InChI is InChI=1S/C20H21ClF3NO3/c21-19-8-12-4-13(9-19)7-18(6-12,11-19)17(27)28-10-16(26)25-15-3-1-2-14(5-15)20(22,23)24/h1-3,5,12-13H,4,6-11H2,(H,25,26). The highest BCUT2D eigenvalue weighted by molar-refractivity contribution is 6.24. The van der Waals surface area contributed by atoms with Gasteiger partial charge in [-0.1, -0.05) is 6.07 Å². The highest BCUT2D eigenvalue weighted by Gasteiger charge is 2.60. The lowest BCUT2D eigenvalue weighted by atomic mass is 9.49. The maximum Gasteiger partial charge on any atom is 0.416 e. The Morgan fingerprint density at radius 3 is 2.46 bits per heavy atom. The summed E-state index contributed by atoms with van der Waals surface area (Å²) in [6.45, 7) is -0.526. The molecule has 4 fully saturated rings. The number of benzene rings is 1. The molecule has 8 heteroatoms. The number of hydrogen-bond donors (Lipinski definition) is 1. The number of carbonyl (C=O) groups is 2. The van der Waals surface area contributed by atoms with Crippen molar-refractivity contribution in [1.29, 1.82) is 0 Å². The molecule has 1 amide bonds. The Labute approximate surface area is 165 Å². The summed E-state index contributed by atoms with van der Waals surface area (Å²) < 4.78 is 43.5. The second-order valence-corrected chi connectivity index (χ2v) is 9.40. The van der Waals surface area contributed by atoms with E-state index in [4.69, 9.17) is 16.3 Å². The molecule has 28 heavy (non-hydrogen) atoms. The Kier molecular flexibility index (Phi) is 4.64. The van der Waals surface area contributed by atoms with E-state index in [1.165, 1.54) is 12.1 Å². The number of carbonyl (C=O) groups excluding carboxylic acids is 2. The number of alkyl halides is 4. The van der Waals surface area contributed by atoms with Gasteiger partial charge < -0.3 is 10.1 Å². The molecule has 1 N–H and O–H groups in total. The lowest BCUT2D eigenvalue weighted by molar-refractivity contribution is -0.171. The van der Waals surface area contributed by atoms with Crippen molar-refractivity contribution < 1.29 is 27.5 Å². The molecule has 4 saturated carbocycles. The lowest BCUT2D eigenvalue weighted by Crippen LogP contribution is -2.56. The summed E-state index contributed by atoms with van der Waals surface area (Å²) in [5.41, 5.74) is -1.48. The molecule has 0 spiro atoms. The van der Waals surface area contributed by atoms with Crippen LogP contribution in [0.15, 0.2) is 24.3 Å². The molecule has 0 saturated heterocycles. The third-order valence-corrected chi connectivity index (χ3v) is 6.67. The number of amides is 1. The van der Waals surface area contributed by atoms with E-state index in [0.29, 0.717) is 18.3 Å². The van der Waals surface area contributed by atoms with Gasteiger partial charge >= 0.3 is 12.1 Å². The van der Waals surface area contributed by atoms with Crippen LogP contribution in [0.25, 0.3) is 0 Å². The zero-order valence-electron chi connectivity index (χ0n) is 15.2. The molecule has 4 bridgehead atoms. The van der Waals surface area contributed by atoms with Gasteiger partial charge in [-0.05, 0) is 68.6 Å². The van der Waals surface area contributed by atoms with Crippen LogP contribution in [-0.4, -0.2) is 23.4 Å². The molecule has 0 aromatic heterocycles. The first kappa shape index (κ1) is 19.6. The summed E-state index contributed by atoms with van der Waals surface area (Å²) in [6, 6.07) is 4.33. The number of halogens is 4. The minimum atomic E-state index is -4.50. The minimum absolute atomic E-state index is 0.00499. The molecule has 5 rings (SSSR count). The van der Waals surface area contributed by atoms with Crippen LogP contribution in [0, 0.1) is 17.3 Å². The van der Waals surface area contributed by atoms with E-state index in [1.54, 1.807) is 0 Å². The fraction of sp³-hybridized carbons (Fsp3) is 0.600.